The Bertz CT molecular complexity index is 618. The van der Waals surface area contributed by atoms with Crippen LogP contribution in [0.1, 0.15) is 24.0 Å². The second-order valence-corrected chi connectivity index (χ2v) is 6.02. The minimum absolute atomic E-state index is 0.0506. The summed E-state index contributed by atoms with van der Waals surface area (Å²) in [6, 6.07) is 3.57. The molecule has 0 N–H and O–H groups in total. The number of piperazine rings is 1. The predicted molar refractivity (Wildman–Crippen MR) is 80.5 cm³/mol. The van der Waals surface area contributed by atoms with Crippen LogP contribution in [0.15, 0.2) is 18.2 Å². The molecule has 0 spiro atoms. The smallest absolute Gasteiger partial charge is 0.368 e. The van der Waals surface area contributed by atoms with Gasteiger partial charge >= 0.3 is 12.4 Å². The highest BCUT2D eigenvalue weighted by atomic mass is 19.4. The molecule has 1 fully saturated rings. The molecule has 0 aromatic heterocycles. The second kappa shape index (κ2) is 6.76. The zero-order valence-corrected chi connectivity index (χ0v) is 13.7. The van der Waals surface area contributed by atoms with Crippen molar-refractivity contribution in [3.63, 3.8) is 0 Å². The van der Waals surface area contributed by atoms with Crippen molar-refractivity contribution in [3.8, 4) is 0 Å². The highest BCUT2D eigenvalue weighted by molar-refractivity contribution is 5.73. The average molecular weight is 368 g/mol. The number of halogens is 6. The van der Waals surface area contributed by atoms with E-state index in [4.69, 9.17) is 0 Å². The highest BCUT2D eigenvalue weighted by Crippen LogP contribution is 2.49. The molecule has 0 bridgehead atoms. The minimum atomic E-state index is -5.44. The normalized spacial score (nSPS) is 16.5. The zero-order chi connectivity index (χ0) is 19.0. The van der Waals surface area contributed by atoms with Gasteiger partial charge in [0.1, 0.15) is 0 Å². The number of alkyl halides is 6. The molecule has 140 valence electrons. The molecular weight excluding hydrogens is 350 g/mol. The predicted octanol–water partition coefficient (Wildman–Crippen LogP) is 3.87. The van der Waals surface area contributed by atoms with E-state index in [0.717, 1.165) is 6.07 Å². The lowest BCUT2D eigenvalue weighted by atomic mass is 9.93. The summed E-state index contributed by atoms with van der Waals surface area (Å²) in [5.74, 6) is -3.71. The molecule has 2 rings (SSSR count). The highest BCUT2D eigenvalue weighted by Gasteiger charge is 2.58. The summed E-state index contributed by atoms with van der Waals surface area (Å²) in [6.45, 7) is 3.73. The molecule has 3 nitrogen and oxygen atoms in total. The van der Waals surface area contributed by atoms with Crippen molar-refractivity contribution in [2.45, 2.75) is 32.1 Å². The van der Waals surface area contributed by atoms with Gasteiger partial charge in [0.05, 0.1) is 0 Å². The van der Waals surface area contributed by atoms with Crippen molar-refractivity contribution < 1.29 is 31.1 Å². The molecule has 0 aliphatic carbocycles. The van der Waals surface area contributed by atoms with E-state index in [2.05, 4.69) is 0 Å². The number of hydrogen-bond acceptors (Lipinski definition) is 2. The monoisotopic (exact) mass is 368 g/mol. The number of para-hydroxylation sites is 1. The Hall–Kier alpha value is -1.93. The topological polar surface area (TPSA) is 23.6 Å². The average Bonchev–Trinajstić information content (AvgIpc) is 2.44. The summed E-state index contributed by atoms with van der Waals surface area (Å²) in [6.07, 6.45) is -10.9. The van der Waals surface area contributed by atoms with Gasteiger partial charge in [-0.3, -0.25) is 4.79 Å². The molecule has 1 aliphatic rings. The minimum Gasteiger partial charge on any atom is -0.368 e. The standard InChI is InChI=1S/C16H18F6N2O/c1-10-4-3-5-12(14(15(17,18)19)16(20,21)22)13(10)24-8-6-23(7-9-24)11(2)25/h3-5,14H,6-9H2,1-2H3. The first-order valence-corrected chi connectivity index (χ1v) is 7.66. The van der Waals surface area contributed by atoms with Gasteiger partial charge in [-0.1, -0.05) is 18.2 Å². The van der Waals surface area contributed by atoms with Gasteiger partial charge in [0.25, 0.3) is 0 Å². The van der Waals surface area contributed by atoms with Gasteiger partial charge in [0, 0.05) is 38.8 Å². The molecule has 1 amide bonds. The number of rotatable bonds is 2. The summed E-state index contributed by atoms with van der Waals surface area (Å²) in [5, 5.41) is 0. The third-order valence-corrected chi connectivity index (χ3v) is 4.28. The number of carbonyl (C=O) groups excluding carboxylic acids is 1. The van der Waals surface area contributed by atoms with Gasteiger partial charge in [0.15, 0.2) is 5.92 Å². The number of anilines is 1. The molecule has 0 unspecified atom stereocenters. The summed E-state index contributed by atoms with van der Waals surface area (Å²) in [5.41, 5.74) is -0.506. The molecular formula is C16H18F6N2O. The maximum absolute atomic E-state index is 13.2. The van der Waals surface area contributed by atoms with Crippen molar-refractivity contribution in [1.82, 2.24) is 4.90 Å². The fourth-order valence-corrected chi connectivity index (χ4v) is 3.13. The van der Waals surface area contributed by atoms with Gasteiger partial charge in [-0.2, -0.15) is 26.3 Å². The summed E-state index contributed by atoms with van der Waals surface area (Å²) in [7, 11) is 0. The zero-order valence-electron chi connectivity index (χ0n) is 13.7. The second-order valence-electron chi connectivity index (χ2n) is 6.02. The van der Waals surface area contributed by atoms with Crippen LogP contribution < -0.4 is 4.90 Å². The fraction of sp³-hybridized carbons (Fsp3) is 0.562. The lowest BCUT2D eigenvalue weighted by Gasteiger charge is -2.38. The SMILES string of the molecule is CC(=O)N1CCN(c2c(C)cccc2C(C(F)(F)F)C(F)(F)F)CC1. The van der Waals surface area contributed by atoms with E-state index in [1.54, 1.807) is 0 Å². The van der Waals surface area contributed by atoms with Crippen molar-refractivity contribution >= 4 is 11.6 Å². The van der Waals surface area contributed by atoms with Crippen LogP contribution >= 0.6 is 0 Å². The molecule has 0 atom stereocenters. The van der Waals surface area contributed by atoms with Crippen LogP contribution in [0.5, 0.6) is 0 Å². The first-order valence-electron chi connectivity index (χ1n) is 7.66. The third kappa shape index (κ3) is 4.19. The van der Waals surface area contributed by atoms with E-state index in [1.165, 1.54) is 35.8 Å². The van der Waals surface area contributed by atoms with Crippen LogP contribution in [0.4, 0.5) is 32.0 Å². The lowest BCUT2D eigenvalue weighted by molar-refractivity contribution is -0.253. The maximum Gasteiger partial charge on any atom is 0.404 e. The molecule has 1 heterocycles. The number of benzene rings is 1. The van der Waals surface area contributed by atoms with Crippen molar-refractivity contribution in [2.75, 3.05) is 31.1 Å². The number of amides is 1. The molecule has 1 aromatic carbocycles. The van der Waals surface area contributed by atoms with Gasteiger partial charge in [-0.15, -0.1) is 0 Å². The van der Waals surface area contributed by atoms with Gasteiger partial charge < -0.3 is 9.80 Å². The molecule has 1 saturated heterocycles. The van der Waals surface area contributed by atoms with Crippen LogP contribution in [-0.2, 0) is 4.79 Å². The number of carbonyl (C=O) groups is 1. The van der Waals surface area contributed by atoms with Gasteiger partial charge in [-0.25, -0.2) is 0 Å². The lowest BCUT2D eigenvalue weighted by Crippen LogP contribution is -2.49. The van der Waals surface area contributed by atoms with E-state index in [1.807, 2.05) is 0 Å². The first-order chi connectivity index (χ1) is 11.4. The Balaban J connectivity index is 2.45. The Kier molecular flexibility index (Phi) is 5.24. The summed E-state index contributed by atoms with van der Waals surface area (Å²) >= 11 is 0. The first kappa shape index (κ1) is 19.4. The van der Waals surface area contributed by atoms with Crippen LogP contribution in [0.25, 0.3) is 0 Å². The Labute approximate surface area is 141 Å². The summed E-state index contributed by atoms with van der Waals surface area (Å²) in [4.78, 5) is 14.4. The van der Waals surface area contributed by atoms with Gasteiger partial charge in [-0.05, 0) is 18.1 Å². The van der Waals surface area contributed by atoms with E-state index < -0.39 is 23.8 Å². The third-order valence-electron chi connectivity index (χ3n) is 4.28. The van der Waals surface area contributed by atoms with E-state index in [9.17, 15) is 31.1 Å². The Morgan fingerprint density at radius 2 is 1.52 bits per heavy atom. The molecule has 1 aromatic rings. The van der Waals surface area contributed by atoms with Crippen LogP contribution in [-0.4, -0.2) is 49.3 Å². The largest absolute Gasteiger partial charge is 0.404 e. The number of hydrogen-bond donors (Lipinski definition) is 0. The molecule has 0 saturated carbocycles. The molecule has 0 radical (unpaired) electrons. The van der Waals surface area contributed by atoms with E-state index in [0.29, 0.717) is 5.56 Å². The quantitative estimate of drug-likeness (QED) is 0.740. The number of aryl methyl sites for hydroxylation is 1. The molecule has 1 aliphatic heterocycles. The van der Waals surface area contributed by atoms with Crippen molar-refractivity contribution in [2.24, 2.45) is 0 Å². The Morgan fingerprint density at radius 1 is 1.00 bits per heavy atom. The van der Waals surface area contributed by atoms with Crippen LogP contribution in [0.2, 0.25) is 0 Å². The number of nitrogens with zero attached hydrogens (tertiary/aromatic N) is 2. The summed E-state index contributed by atoms with van der Waals surface area (Å²) < 4.78 is 78.9. The van der Waals surface area contributed by atoms with E-state index >= 15 is 0 Å². The van der Waals surface area contributed by atoms with Crippen molar-refractivity contribution in [1.29, 1.82) is 0 Å². The fourth-order valence-electron chi connectivity index (χ4n) is 3.13. The van der Waals surface area contributed by atoms with Crippen LogP contribution in [0.3, 0.4) is 0 Å². The van der Waals surface area contributed by atoms with Gasteiger partial charge in [0.2, 0.25) is 5.91 Å². The molecule has 9 heteroatoms. The maximum atomic E-state index is 13.2. The molecule has 25 heavy (non-hydrogen) atoms. The van der Waals surface area contributed by atoms with Crippen LogP contribution in [0, 0.1) is 6.92 Å². The van der Waals surface area contributed by atoms with E-state index in [-0.39, 0.29) is 37.8 Å². The Morgan fingerprint density at radius 3 is 1.96 bits per heavy atom. The van der Waals surface area contributed by atoms with Crippen molar-refractivity contribution in [3.05, 3.63) is 29.3 Å².